The van der Waals surface area contributed by atoms with Gasteiger partial charge in [0.25, 0.3) is 0 Å². The summed E-state index contributed by atoms with van der Waals surface area (Å²) in [5.74, 6) is 0. The molecule has 1 saturated heterocycles. The summed E-state index contributed by atoms with van der Waals surface area (Å²) < 4.78 is 5.05. The van der Waals surface area contributed by atoms with Crippen LogP contribution in [0.2, 0.25) is 0 Å². The van der Waals surface area contributed by atoms with Crippen molar-refractivity contribution in [2.45, 2.75) is 18.9 Å². The SMILES string of the molecule is c1cc(-c2nc(C3CCCN3)cs2)co1. The zero-order valence-electron chi connectivity index (χ0n) is 8.27. The minimum Gasteiger partial charge on any atom is -0.472 e. The van der Waals surface area contributed by atoms with Crippen LogP contribution in [0.5, 0.6) is 0 Å². The van der Waals surface area contributed by atoms with E-state index in [1.54, 1.807) is 23.9 Å². The molecule has 0 aliphatic carbocycles. The lowest BCUT2D eigenvalue weighted by Crippen LogP contribution is -2.12. The molecule has 1 N–H and O–H groups in total. The molecule has 0 aromatic carbocycles. The normalized spacial score (nSPS) is 20.9. The average Bonchev–Trinajstić information content (AvgIpc) is 3.02. The maximum absolute atomic E-state index is 5.05. The Bertz CT molecular complexity index is 429. The van der Waals surface area contributed by atoms with Crippen molar-refractivity contribution in [2.75, 3.05) is 6.54 Å². The van der Waals surface area contributed by atoms with Crippen molar-refractivity contribution in [1.29, 1.82) is 0 Å². The third-order valence-corrected chi connectivity index (χ3v) is 3.62. The van der Waals surface area contributed by atoms with Crippen LogP contribution in [0.15, 0.2) is 28.4 Å². The van der Waals surface area contributed by atoms with E-state index in [1.807, 2.05) is 6.07 Å². The van der Waals surface area contributed by atoms with Gasteiger partial charge in [-0.2, -0.15) is 0 Å². The van der Waals surface area contributed by atoms with E-state index in [2.05, 4.69) is 15.7 Å². The third-order valence-electron chi connectivity index (χ3n) is 2.71. The van der Waals surface area contributed by atoms with Crippen LogP contribution in [-0.2, 0) is 0 Å². The average molecular weight is 220 g/mol. The first kappa shape index (κ1) is 9.12. The fourth-order valence-corrected chi connectivity index (χ4v) is 2.76. The lowest BCUT2D eigenvalue weighted by atomic mass is 10.2. The third kappa shape index (κ3) is 1.70. The number of hydrogen-bond donors (Lipinski definition) is 1. The second kappa shape index (κ2) is 3.79. The molecule has 2 aromatic heterocycles. The Hall–Kier alpha value is -1.13. The van der Waals surface area contributed by atoms with Crippen LogP contribution < -0.4 is 5.32 Å². The minimum atomic E-state index is 0.460. The van der Waals surface area contributed by atoms with Gasteiger partial charge in [-0.3, -0.25) is 0 Å². The van der Waals surface area contributed by atoms with Gasteiger partial charge in [0.15, 0.2) is 0 Å². The second-order valence-electron chi connectivity index (χ2n) is 3.74. The van der Waals surface area contributed by atoms with Crippen LogP contribution in [0, 0.1) is 0 Å². The molecule has 0 spiro atoms. The molecule has 1 fully saturated rings. The number of hydrogen-bond acceptors (Lipinski definition) is 4. The van der Waals surface area contributed by atoms with E-state index >= 15 is 0 Å². The molecule has 3 heterocycles. The molecule has 15 heavy (non-hydrogen) atoms. The van der Waals surface area contributed by atoms with Crippen LogP contribution in [0.1, 0.15) is 24.6 Å². The van der Waals surface area contributed by atoms with E-state index in [0.717, 1.165) is 17.1 Å². The Morgan fingerprint density at radius 3 is 3.27 bits per heavy atom. The summed E-state index contributed by atoms with van der Waals surface area (Å²) in [7, 11) is 0. The number of rotatable bonds is 2. The van der Waals surface area contributed by atoms with Gasteiger partial charge in [0.2, 0.25) is 0 Å². The standard InChI is InChI=1S/C11H12N2OS/c1-2-9(12-4-1)10-7-15-11(13-10)8-3-5-14-6-8/h3,5-7,9,12H,1-2,4H2. The highest BCUT2D eigenvalue weighted by molar-refractivity contribution is 7.13. The molecule has 0 bridgehead atoms. The Morgan fingerprint density at radius 1 is 1.53 bits per heavy atom. The largest absolute Gasteiger partial charge is 0.472 e. The Morgan fingerprint density at radius 2 is 2.53 bits per heavy atom. The first-order valence-electron chi connectivity index (χ1n) is 5.15. The zero-order valence-corrected chi connectivity index (χ0v) is 9.09. The summed E-state index contributed by atoms with van der Waals surface area (Å²) >= 11 is 1.68. The minimum absolute atomic E-state index is 0.460. The van der Waals surface area contributed by atoms with E-state index in [1.165, 1.54) is 18.5 Å². The molecule has 1 aliphatic rings. The van der Waals surface area contributed by atoms with E-state index in [0.29, 0.717) is 6.04 Å². The van der Waals surface area contributed by atoms with Gasteiger partial charge in [-0.05, 0) is 25.5 Å². The number of aromatic nitrogens is 1. The lowest BCUT2D eigenvalue weighted by molar-refractivity contribution is 0.568. The molecule has 78 valence electrons. The summed E-state index contributed by atoms with van der Waals surface area (Å²) in [4.78, 5) is 4.63. The van der Waals surface area contributed by atoms with Crippen molar-refractivity contribution in [3.05, 3.63) is 29.7 Å². The molecule has 1 aliphatic heterocycles. The van der Waals surface area contributed by atoms with E-state index < -0.39 is 0 Å². The van der Waals surface area contributed by atoms with Gasteiger partial charge >= 0.3 is 0 Å². The van der Waals surface area contributed by atoms with Crippen LogP contribution in [0.3, 0.4) is 0 Å². The molecule has 1 atom stereocenters. The molecular weight excluding hydrogens is 208 g/mol. The smallest absolute Gasteiger partial charge is 0.126 e. The van der Waals surface area contributed by atoms with Crippen molar-refractivity contribution in [1.82, 2.24) is 10.3 Å². The van der Waals surface area contributed by atoms with E-state index in [-0.39, 0.29) is 0 Å². The summed E-state index contributed by atoms with van der Waals surface area (Å²) in [5.41, 5.74) is 2.25. The number of thiazole rings is 1. The highest BCUT2D eigenvalue weighted by Gasteiger charge is 2.19. The maximum atomic E-state index is 5.05. The van der Waals surface area contributed by atoms with Crippen LogP contribution >= 0.6 is 11.3 Å². The number of furan rings is 1. The second-order valence-corrected chi connectivity index (χ2v) is 4.60. The van der Waals surface area contributed by atoms with Gasteiger partial charge in [0.1, 0.15) is 11.3 Å². The van der Waals surface area contributed by atoms with Crippen LogP contribution in [0.25, 0.3) is 10.6 Å². The molecule has 0 saturated carbocycles. The van der Waals surface area contributed by atoms with Crippen molar-refractivity contribution in [3.63, 3.8) is 0 Å². The maximum Gasteiger partial charge on any atom is 0.126 e. The highest BCUT2D eigenvalue weighted by atomic mass is 32.1. The summed E-state index contributed by atoms with van der Waals surface area (Å²) in [6, 6.07) is 2.41. The van der Waals surface area contributed by atoms with Crippen molar-refractivity contribution >= 4 is 11.3 Å². The summed E-state index contributed by atoms with van der Waals surface area (Å²) in [6.07, 6.45) is 5.88. The van der Waals surface area contributed by atoms with Gasteiger partial charge in [-0.25, -0.2) is 4.98 Å². The van der Waals surface area contributed by atoms with Gasteiger partial charge in [-0.1, -0.05) is 0 Å². The van der Waals surface area contributed by atoms with Crippen molar-refractivity contribution in [2.24, 2.45) is 0 Å². The van der Waals surface area contributed by atoms with Gasteiger partial charge in [-0.15, -0.1) is 11.3 Å². The fraction of sp³-hybridized carbons (Fsp3) is 0.364. The van der Waals surface area contributed by atoms with Gasteiger partial charge in [0, 0.05) is 10.9 Å². The Labute approximate surface area is 92.1 Å². The summed E-state index contributed by atoms with van der Waals surface area (Å²) in [6.45, 7) is 1.11. The molecular formula is C11H12N2OS. The number of nitrogens with one attached hydrogen (secondary N) is 1. The van der Waals surface area contributed by atoms with Crippen LogP contribution in [-0.4, -0.2) is 11.5 Å². The zero-order chi connectivity index (χ0) is 10.1. The van der Waals surface area contributed by atoms with Crippen LogP contribution in [0.4, 0.5) is 0 Å². The quantitative estimate of drug-likeness (QED) is 0.845. The predicted octanol–water partition coefficient (Wildman–Crippen LogP) is 2.83. The Balaban J connectivity index is 1.87. The summed E-state index contributed by atoms with van der Waals surface area (Å²) in [5, 5.41) is 6.64. The van der Waals surface area contributed by atoms with E-state index in [4.69, 9.17) is 4.42 Å². The highest BCUT2D eigenvalue weighted by Crippen LogP contribution is 2.29. The molecule has 3 rings (SSSR count). The van der Waals surface area contributed by atoms with Gasteiger partial charge < -0.3 is 9.73 Å². The Kier molecular flexibility index (Phi) is 2.31. The molecule has 2 aromatic rings. The lowest BCUT2D eigenvalue weighted by Gasteiger charge is -2.04. The molecule has 1 unspecified atom stereocenters. The molecule has 3 nitrogen and oxygen atoms in total. The van der Waals surface area contributed by atoms with Gasteiger partial charge in [0.05, 0.1) is 18.0 Å². The van der Waals surface area contributed by atoms with Crippen molar-refractivity contribution in [3.8, 4) is 10.6 Å². The predicted molar refractivity (Wildman–Crippen MR) is 59.8 cm³/mol. The molecule has 4 heteroatoms. The number of nitrogens with zero attached hydrogens (tertiary/aromatic N) is 1. The first-order chi connectivity index (χ1) is 7.43. The molecule has 0 amide bonds. The topological polar surface area (TPSA) is 38.1 Å². The first-order valence-corrected chi connectivity index (χ1v) is 6.03. The fourth-order valence-electron chi connectivity index (χ4n) is 1.90. The van der Waals surface area contributed by atoms with E-state index in [9.17, 15) is 0 Å². The van der Waals surface area contributed by atoms with Crippen molar-refractivity contribution < 1.29 is 4.42 Å². The molecule has 0 radical (unpaired) electrons. The monoisotopic (exact) mass is 220 g/mol.